The summed E-state index contributed by atoms with van der Waals surface area (Å²) in [5.41, 5.74) is 7.66. The molecule has 2 aromatic heterocycles. The minimum atomic E-state index is 0.371. The van der Waals surface area contributed by atoms with Gasteiger partial charge in [-0.15, -0.1) is 11.3 Å². The van der Waals surface area contributed by atoms with Gasteiger partial charge in [-0.05, 0) is 43.7 Å². The highest BCUT2D eigenvalue weighted by atomic mass is 32.1. The lowest BCUT2D eigenvalue weighted by Crippen LogP contribution is -2.42. The van der Waals surface area contributed by atoms with Gasteiger partial charge in [0, 0.05) is 41.5 Å². The molecule has 0 radical (unpaired) electrons. The third-order valence-corrected chi connectivity index (χ3v) is 6.02. The van der Waals surface area contributed by atoms with Crippen LogP contribution >= 0.6 is 11.3 Å². The predicted octanol–water partition coefficient (Wildman–Crippen LogP) is 3.74. The number of aliphatic imine (C=N–C) groups is 1. The van der Waals surface area contributed by atoms with Crippen LogP contribution in [0.2, 0.25) is 0 Å². The van der Waals surface area contributed by atoms with Gasteiger partial charge >= 0.3 is 0 Å². The average Bonchev–Trinajstić information content (AvgIpc) is 3.30. The summed E-state index contributed by atoms with van der Waals surface area (Å²) >= 11 is 1.59. The lowest BCUT2D eigenvalue weighted by atomic mass is 10.0. The fourth-order valence-electron chi connectivity index (χ4n) is 3.82. The molecule has 1 saturated heterocycles. The van der Waals surface area contributed by atoms with E-state index in [0.717, 1.165) is 52.8 Å². The fourth-order valence-corrected chi connectivity index (χ4v) is 4.53. The van der Waals surface area contributed by atoms with Crippen LogP contribution in [0.3, 0.4) is 0 Å². The van der Waals surface area contributed by atoms with E-state index in [-0.39, 0.29) is 0 Å². The molecular weight excluding hydrogens is 392 g/mol. The van der Waals surface area contributed by atoms with Crippen LogP contribution in [0.1, 0.15) is 24.1 Å². The SMILES string of the molecule is N#Cc1cccc(-c2nc3sccn3c2C2=CC=NC(N[C@@H]3CCCNC3)=C=C2)c1. The highest BCUT2D eigenvalue weighted by Crippen LogP contribution is 2.32. The maximum atomic E-state index is 9.30. The maximum Gasteiger partial charge on any atom is 0.194 e. The molecule has 3 aromatic rings. The number of piperidine rings is 1. The summed E-state index contributed by atoms with van der Waals surface area (Å²) in [5, 5.41) is 18.2. The van der Waals surface area contributed by atoms with Crippen molar-refractivity contribution in [1.82, 2.24) is 20.0 Å². The molecule has 0 aliphatic carbocycles. The van der Waals surface area contributed by atoms with Crippen LogP contribution in [0.4, 0.5) is 0 Å². The lowest BCUT2D eigenvalue weighted by molar-refractivity contribution is 0.413. The third kappa shape index (κ3) is 3.60. The number of allylic oxidation sites excluding steroid dienone is 3. The first-order chi connectivity index (χ1) is 14.8. The Morgan fingerprint density at radius 3 is 3.20 bits per heavy atom. The topological polar surface area (TPSA) is 77.5 Å². The van der Waals surface area contributed by atoms with Crippen molar-refractivity contribution in [3.05, 3.63) is 70.8 Å². The second kappa shape index (κ2) is 8.13. The first-order valence-corrected chi connectivity index (χ1v) is 10.8. The van der Waals surface area contributed by atoms with Crippen LogP contribution in [0.25, 0.3) is 21.8 Å². The van der Waals surface area contributed by atoms with Gasteiger partial charge in [0.25, 0.3) is 0 Å². The van der Waals surface area contributed by atoms with E-state index in [0.29, 0.717) is 11.6 Å². The number of hydrogen-bond donors (Lipinski definition) is 2. The first kappa shape index (κ1) is 18.6. The number of rotatable bonds is 4. The van der Waals surface area contributed by atoms with E-state index in [4.69, 9.17) is 4.98 Å². The molecule has 0 spiro atoms. The second-order valence-corrected chi connectivity index (χ2v) is 8.16. The zero-order valence-electron chi connectivity index (χ0n) is 16.3. The Balaban J connectivity index is 1.55. The molecule has 1 aromatic carbocycles. The Morgan fingerprint density at radius 1 is 1.37 bits per heavy atom. The fraction of sp³-hybridized carbons (Fsp3) is 0.217. The van der Waals surface area contributed by atoms with Gasteiger partial charge < -0.3 is 10.6 Å². The average molecular weight is 413 g/mol. The van der Waals surface area contributed by atoms with Crippen LogP contribution in [0.5, 0.6) is 0 Å². The molecule has 1 atom stereocenters. The zero-order valence-corrected chi connectivity index (χ0v) is 17.1. The Kier molecular flexibility index (Phi) is 5.04. The molecule has 1 fully saturated rings. The molecule has 6 nitrogen and oxygen atoms in total. The number of fused-ring (bicyclic) bond motifs is 1. The van der Waals surface area contributed by atoms with E-state index in [9.17, 15) is 5.26 Å². The van der Waals surface area contributed by atoms with Gasteiger partial charge in [0.2, 0.25) is 0 Å². The molecule has 4 heterocycles. The molecule has 30 heavy (non-hydrogen) atoms. The number of hydrogen-bond acceptors (Lipinski definition) is 6. The lowest BCUT2D eigenvalue weighted by Gasteiger charge is -2.23. The summed E-state index contributed by atoms with van der Waals surface area (Å²) in [6.45, 7) is 2.02. The smallest absolute Gasteiger partial charge is 0.194 e. The number of imidazole rings is 1. The van der Waals surface area contributed by atoms with Crippen molar-refractivity contribution in [2.75, 3.05) is 13.1 Å². The van der Waals surface area contributed by atoms with Gasteiger partial charge in [0.1, 0.15) is 0 Å². The van der Waals surface area contributed by atoms with E-state index in [1.54, 1.807) is 17.4 Å². The van der Waals surface area contributed by atoms with Crippen molar-refractivity contribution < 1.29 is 0 Å². The number of nitrogens with zero attached hydrogens (tertiary/aromatic N) is 4. The number of aromatic nitrogens is 2. The summed E-state index contributed by atoms with van der Waals surface area (Å²) in [6, 6.07) is 10.2. The largest absolute Gasteiger partial charge is 0.359 e. The van der Waals surface area contributed by atoms with Crippen molar-refractivity contribution in [3.8, 4) is 17.3 Å². The van der Waals surface area contributed by atoms with Crippen molar-refractivity contribution >= 4 is 28.1 Å². The molecule has 2 aliphatic heterocycles. The molecule has 2 aliphatic rings. The Bertz CT molecular complexity index is 1260. The first-order valence-electron chi connectivity index (χ1n) is 9.96. The summed E-state index contributed by atoms with van der Waals surface area (Å²) in [6.07, 6.45) is 10.1. The van der Waals surface area contributed by atoms with Gasteiger partial charge in [-0.1, -0.05) is 17.9 Å². The summed E-state index contributed by atoms with van der Waals surface area (Å²) in [7, 11) is 0. The molecule has 0 amide bonds. The number of benzene rings is 1. The van der Waals surface area contributed by atoms with Crippen molar-refractivity contribution in [2.45, 2.75) is 18.9 Å². The highest BCUT2D eigenvalue weighted by molar-refractivity contribution is 7.15. The quantitative estimate of drug-likeness (QED) is 0.640. The van der Waals surface area contributed by atoms with E-state index in [1.807, 2.05) is 48.1 Å². The van der Waals surface area contributed by atoms with Crippen LogP contribution in [0, 0.1) is 11.3 Å². The molecule has 5 rings (SSSR count). The molecule has 0 bridgehead atoms. The van der Waals surface area contributed by atoms with Crippen LogP contribution in [0.15, 0.2) is 64.5 Å². The number of nitrogens with one attached hydrogen (secondary N) is 2. The molecule has 0 unspecified atom stereocenters. The summed E-state index contributed by atoms with van der Waals surface area (Å²) < 4.78 is 2.08. The van der Waals surface area contributed by atoms with Crippen LogP contribution < -0.4 is 10.6 Å². The second-order valence-electron chi connectivity index (χ2n) is 7.28. The number of thiazole rings is 1. The number of nitriles is 1. The van der Waals surface area contributed by atoms with Crippen molar-refractivity contribution in [1.29, 1.82) is 5.26 Å². The van der Waals surface area contributed by atoms with Gasteiger partial charge in [0.05, 0.1) is 23.0 Å². The van der Waals surface area contributed by atoms with E-state index < -0.39 is 0 Å². The van der Waals surface area contributed by atoms with Crippen LogP contribution in [-0.4, -0.2) is 34.7 Å². The van der Waals surface area contributed by atoms with Crippen LogP contribution in [-0.2, 0) is 0 Å². The molecule has 2 N–H and O–H groups in total. The Hall–Kier alpha value is -3.43. The Labute approximate surface area is 178 Å². The van der Waals surface area contributed by atoms with E-state index in [2.05, 4.69) is 31.8 Å². The van der Waals surface area contributed by atoms with Gasteiger partial charge in [0.15, 0.2) is 10.8 Å². The van der Waals surface area contributed by atoms with Gasteiger partial charge in [-0.3, -0.25) is 4.40 Å². The normalized spacial score (nSPS) is 18.6. The Morgan fingerprint density at radius 2 is 2.33 bits per heavy atom. The van der Waals surface area contributed by atoms with E-state index >= 15 is 0 Å². The standard InChI is InChI=1S/C23H20N6S/c24-14-16-3-1-4-18(13-16)21-22(29-11-12-30-23(29)28-21)17-6-7-20(26-10-8-17)27-19-5-2-9-25-15-19/h1,3-4,6,8,10-13,19,25,27H,2,5,9,15H2/t19-/m1/s1. The van der Waals surface area contributed by atoms with Crippen molar-refractivity contribution in [2.24, 2.45) is 4.99 Å². The molecule has 0 saturated carbocycles. The minimum Gasteiger partial charge on any atom is -0.359 e. The van der Waals surface area contributed by atoms with E-state index in [1.165, 1.54) is 6.42 Å². The van der Waals surface area contributed by atoms with Crippen molar-refractivity contribution in [3.63, 3.8) is 0 Å². The molecule has 7 heteroatoms. The molecule has 148 valence electrons. The summed E-state index contributed by atoms with van der Waals surface area (Å²) in [5.74, 6) is 0.744. The predicted molar refractivity (Wildman–Crippen MR) is 120 cm³/mol. The maximum absolute atomic E-state index is 9.30. The highest BCUT2D eigenvalue weighted by Gasteiger charge is 2.18. The summed E-state index contributed by atoms with van der Waals surface area (Å²) in [4.78, 5) is 10.3. The molecular formula is C23H20N6S. The van der Waals surface area contributed by atoms with Gasteiger partial charge in [-0.2, -0.15) is 5.26 Å². The van der Waals surface area contributed by atoms with Gasteiger partial charge in [-0.25, -0.2) is 9.98 Å². The minimum absolute atomic E-state index is 0.371. The third-order valence-electron chi connectivity index (χ3n) is 5.26. The monoisotopic (exact) mass is 412 g/mol. The zero-order chi connectivity index (χ0) is 20.3.